The maximum Gasteiger partial charge on any atom is 0.244 e. The third-order valence-corrected chi connectivity index (χ3v) is 3.50. The number of fused-ring (bicyclic) bond motifs is 1. The lowest BCUT2D eigenvalue weighted by Crippen LogP contribution is -2.21. The summed E-state index contributed by atoms with van der Waals surface area (Å²) in [5.41, 5.74) is 9.21. The number of nitrogens with two attached hydrogens (primary N) is 1. The lowest BCUT2D eigenvalue weighted by Gasteiger charge is -2.23. The van der Waals surface area contributed by atoms with E-state index in [1.807, 2.05) is 19.1 Å². The van der Waals surface area contributed by atoms with Gasteiger partial charge in [-0.25, -0.2) is 0 Å². The lowest BCUT2D eigenvalue weighted by atomic mass is 9.84. The number of nitrogens with zero attached hydrogens (tertiary/aromatic N) is 3. The Labute approximate surface area is 121 Å². The van der Waals surface area contributed by atoms with Gasteiger partial charge in [-0.1, -0.05) is 12.1 Å². The fourth-order valence-electron chi connectivity index (χ4n) is 2.48. The number of H-pyrrole nitrogens is 1. The van der Waals surface area contributed by atoms with Crippen LogP contribution in [0.5, 0.6) is 5.88 Å². The van der Waals surface area contributed by atoms with Gasteiger partial charge in [0.1, 0.15) is 11.6 Å². The number of rotatable bonds is 1. The summed E-state index contributed by atoms with van der Waals surface area (Å²) in [6, 6.07) is 11.2. The maximum atomic E-state index is 9.40. The summed E-state index contributed by atoms with van der Waals surface area (Å²) < 4.78 is 5.39. The van der Waals surface area contributed by atoms with Gasteiger partial charge < -0.3 is 10.5 Å². The van der Waals surface area contributed by atoms with Crippen LogP contribution in [0.1, 0.15) is 28.3 Å². The van der Waals surface area contributed by atoms with Crippen LogP contribution in [0.3, 0.4) is 0 Å². The van der Waals surface area contributed by atoms with Crippen molar-refractivity contribution >= 4 is 0 Å². The molecule has 2 aromatic rings. The van der Waals surface area contributed by atoms with Gasteiger partial charge in [-0.15, -0.1) is 5.10 Å². The quantitative estimate of drug-likeness (QED) is 0.825. The number of nitrogens with one attached hydrogen (secondary N) is 1. The monoisotopic (exact) mass is 277 g/mol. The van der Waals surface area contributed by atoms with Crippen molar-refractivity contribution in [3.63, 3.8) is 0 Å². The number of hydrogen-bond acceptors (Lipinski definition) is 5. The van der Waals surface area contributed by atoms with E-state index in [-0.39, 0.29) is 11.8 Å². The number of aryl methyl sites for hydroxylation is 1. The van der Waals surface area contributed by atoms with Crippen LogP contribution in [0.4, 0.5) is 0 Å². The molecule has 1 aliphatic heterocycles. The largest absolute Gasteiger partial charge is 0.420 e. The van der Waals surface area contributed by atoms with E-state index in [1.54, 1.807) is 12.1 Å². The van der Waals surface area contributed by atoms with E-state index in [4.69, 9.17) is 15.7 Å². The van der Waals surface area contributed by atoms with Crippen molar-refractivity contribution in [2.45, 2.75) is 12.8 Å². The number of allylic oxidation sites excluding steroid dienone is 1. The van der Waals surface area contributed by atoms with Crippen LogP contribution in [0.15, 0.2) is 35.7 Å². The van der Waals surface area contributed by atoms with Gasteiger partial charge >= 0.3 is 0 Å². The van der Waals surface area contributed by atoms with Crippen LogP contribution in [0.25, 0.3) is 0 Å². The van der Waals surface area contributed by atoms with Gasteiger partial charge in [0.25, 0.3) is 0 Å². The number of benzene rings is 1. The van der Waals surface area contributed by atoms with E-state index in [2.05, 4.69) is 22.3 Å². The first-order valence-electron chi connectivity index (χ1n) is 6.28. The van der Waals surface area contributed by atoms with E-state index in [9.17, 15) is 5.26 Å². The number of aromatic nitrogens is 2. The van der Waals surface area contributed by atoms with Crippen LogP contribution >= 0.6 is 0 Å². The van der Waals surface area contributed by atoms with Crippen molar-refractivity contribution in [1.29, 1.82) is 10.5 Å². The molecule has 0 amide bonds. The predicted octanol–water partition coefficient (Wildman–Crippen LogP) is 1.81. The summed E-state index contributed by atoms with van der Waals surface area (Å²) in [4.78, 5) is 0. The van der Waals surface area contributed by atoms with E-state index in [1.165, 1.54) is 0 Å². The zero-order valence-corrected chi connectivity index (χ0v) is 11.2. The zero-order valence-electron chi connectivity index (χ0n) is 11.2. The van der Waals surface area contributed by atoms with Crippen molar-refractivity contribution in [1.82, 2.24) is 10.2 Å². The van der Waals surface area contributed by atoms with Crippen molar-refractivity contribution < 1.29 is 4.74 Å². The average Bonchev–Trinajstić information content (AvgIpc) is 2.87. The van der Waals surface area contributed by atoms with Gasteiger partial charge in [0.2, 0.25) is 11.8 Å². The summed E-state index contributed by atoms with van der Waals surface area (Å²) >= 11 is 0. The Morgan fingerprint density at radius 1 is 1.24 bits per heavy atom. The lowest BCUT2D eigenvalue weighted by molar-refractivity contribution is 0.379. The third kappa shape index (κ3) is 1.90. The highest BCUT2D eigenvalue weighted by atomic mass is 16.5. The van der Waals surface area contributed by atoms with Crippen LogP contribution in [-0.4, -0.2) is 10.2 Å². The van der Waals surface area contributed by atoms with E-state index >= 15 is 0 Å². The highest BCUT2D eigenvalue weighted by molar-refractivity contribution is 5.55. The minimum atomic E-state index is -0.342. The molecule has 0 radical (unpaired) electrons. The first-order valence-corrected chi connectivity index (χ1v) is 6.28. The van der Waals surface area contributed by atoms with Gasteiger partial charge in [0.15, 0.2) is 0 Å². The molecule has 0 saturated carbocycles. The Morgan fingerprint density at radius 3 is 2.57 bits per heavy atom. The molecule has 1 aliphatic rings. The molecule has 0 aliphatic carbocycles. The summed E-state index contributed by atoms with van der Waals surface area (Å²) in [6.07, 6.45) is 0. The molecular weight excluding hydrogens is 266 g/mol. The number of nitriles is 2. The zero-order chi connectivity index (χ0) is 15.0. The molecule has 2 heterocycles. The molecule has 0 unspecified atom stereocenters. The van der Waals surface area contributed by atoms with Crippen LogP contribution < -0.4 is 10.5 Å². The van der Waals surface area contributed by atoms with Gasteiger partial charge in [0, 0.05) is 11.3 Å². The molecule has 0 saturated heterocycles. The molecule has 1 atom stereocenters. The summed E-state index contributed by atoms with van der Waals surface area (Å²) in [5.74, 6) is 0.106. The average molecular weight is 277 g/mol. The van der Waals surface area contributed by atoms with Crippen molar-refractivity contribution in [3.05, 3.63) is 58.1 Å². The minimum absolute atomic E-state index is 0.0610. The first kappa shape index (κ1) is 12.8. The normalized spacial score (nSPS) is 16.6. The number of hydrogen-bond donors (Lipinski definition) is 2. The fourth-order valence-corrected chi connectivity index (χ4v) is 2.48. The first-order chi connectivity index (χ1) is 10.2. The van der Waals surface area contributed by atoms with Crippen LogP contribution in [-0.2, 0) is 0 Å². The minimum Gasteiger partial charge on any atom is -0.420 e. The Morgan fingerprint density at radius 2 is 1.95 bits per heavy atom. The number of aromatic amines is 1. The smallest absolute Gasteiger partial charge is 0.244 e. The van der Waals surface area contributed by atoms with Gasteiger partial charge in [-0.05, 0) is 24.6 Å². The Balaban J connectivity index is 2.20. The summed E-state index contributed by atoms with van der Waals surface area (Å²) in [7, 11) is 0. The van der Waals surface area contributed by atoms with Gasteiger partial charge in [0.05, 0.1) is 17.6 Å². The van der Waals surface area contributed by atoms with Crippen LogP contribution in [0.2, 0.25) is 0 Å². The molecule has 0 bridgehead atoms. The molecule has 102 valence electrons. The third-order valence-electron chi connectivity index (χ3n) is 3.50. The molecular formula is C15H11N5O. The fraction of sp³-hybridized carbons (Fsp3) is 0.133. The molecule has 6 heteroatoms. The van der Waals surface area contributed by atoms with E-state index < -0.39 is 0 Å². The van der Waals surface area contributed by atoms with Gasteiger partial charge in [-0.3, -0.25) is 5.10 Å². The summed E-state index contributed by atoms with van der Waals surface area (Å²) in [6.45, 7) is 1.86. The Hall–Kier alpha value is -3.25. The maximum absolute atomic E-state index is 9.40. The molecule has 0 fully saturated rings. The SMILES string of the molecule is Cc1[nH]nc2c1[C@@H](c1ccc(C#N)cc1)C(C#N)=C(N)O2. The Kier molecular flexibility index (Phi) is 2.85. The molecule has 21 heavy (non-hydrogen) atoms. The van der Waals surface area contributed by atoms with E-state index in [0.717, 1.165) is 16.8 Å². The molecule has 3 rings (SSSR count). The molecule has 1 aromatic heterocycles. The second kappa shape index (κ2) is 4.69. The van der Waals surface area contributed by atoms with Crippen molar-refractivity contribution in [2.24, 2.45) is 5.73 Å². The van der Waals surface area contributed by atoms with Crippen LogP contribution in [0, 0.1) is 29.6 Å². The van der Waals surface area contributed by atoms with E-state index in [0.29, 0.717) is 17.0 Å². The highest BCUT2D eigenvalue weighted by Crippen LogP contribution is 2.42. The molecule has 3 N–H and O–H groups in total. The molecule has 6 nitrogen and oxygen atoms in total. The van der Waals surface area contributed by atoms with Crippen molar-refractivity contribution in [3.8, 4) is 18.0 Å². The van der Waals surface area contributed by atoms with Crippen molar-refractivity contribution in [2.75, 3.05) is 0 Å². The molecule has 0 spiro atoms. The topological polar surface area (TPSA) is 112 Å². The number of ether oxygens (including phenoxy) is 1. The standard InChI is InChI=1S/C15H11N5O/c1-8-12-13(10-4-2-9(6-16)3-5-10)11(7-17)14(18)21-15(12)20-19-8/h2-5,13H,18H2,1H3,(H,19,20)/t13-/m0/s1. The van der Waals surface area contributed by atoms with Gasteiger partial charge in [-0.2, -0.15) is 10.5 Å². The molecule has 1 aromatic carbocycles. The second-order valence-corrected chi connectivity index (χ2v) is 4.73. The highest BCUT2D eigenvalue weighted by Gasteiger charge is 2.33. The second-order valence-electron chi connectivity index (χ2n) is 4.73. The predicted molar refractivity (Wildman–Crippen MR) is 73.8 cm³/mol. The summed E-state index contributed by atoms with van der Waals surface area (Å²) in [5, 5.41) is 25.2. The Bertz CT molecular complexity index is 817.